The van der Waals surface area contributed by atoms with E-state index < -0.39 is 12.2 Å². The van der Waals surface area contributed by atoms with Crippen molar-refractivity contribution < 1.29 is 38.7 Å². The van der Waals surface area contributed by atoms with E-state index in [2.05, 4.69) is 6.92 Å². The van der Waals surface area contributed by atoms with Crippen molar-refractivity contribution in [2.24, 2.45) is 11.8 Å². The summed E-state index contributed by atoms with van der Waals surface area (Å²) < 4.78 is 21.3. The molecule has 0 aromatic heterocycles. The van der Waals surface area contributed by atoms with Crippen LogP contribution in [0, 0.1) is 11.8 Å². The maximum atomic E-state index is 12.4. The molecule has 1 unspecified atom stereocenters. The number of carbonyl (C=O) groups is 2. The summed E-state index contributed by atoms with van der Waals surface area (Å²) in [6.45, 7) is 2.12. The Hall–Kier alpha value is -2.58. The Morgan fingerprint density at radius 1 is 1.03 bits per heavy atom. The van der Waals surface area contributed by atoms with Crippen molar-refractivity contribution in [1.82, 2.24) is 0 Å². The van der Waals surface area contributed by atoms with E-state index >= 15 is 0 Å². The van der Waals surface area contributed by atoms with E-state index in [0.29, 0.717) is 42.3 Å². The zero-order chi connectivity index (χ0) is 27.2. The lowest BCUT2D eigenvalue weighted by Gasteiger charge is -2.18. The Kier molecular flexibility index (Phi) is 13.5. The highest BCUT2D eigenvalue weighted by atomic mass is 16.5. The summed E-state index contributed by atoms with van der Waals surface area (Å²) >= 11 is 0. The maximum absolute atomic E-state index is 12.4. The summed E-state index contributed by atoms with van der Waals surface area (Å²) in [5.41, 5.74) is 0. The normalized spacial score (nSPS) is 20.3. The van der Waals surface area contributed by atoms with Crippen molar-refractivity contribution in [1.29, 1.82) is 0 Å². The van der Waals surface area contributed by atoms with Gasteiger partial charge in [-0.2, -0.15) is 0 Å². The van der Waals surface area contributed by atoms with Gasteiger partial charge in [0.2, 0.25) is 5.75 Å². The molecule has 37 heavy (non-hydrogen) atoms. The Bertz CT molecular complexity index is 856. The number of carbonyl (C=O) groups excluding carboxylic acids is 2. The van der Waals surface area contributed by atoms with Gasteiger partial charge in [-0.15, -0.1) is 0 Å². The molecule has 1 aliphatic rings. The number of unbranched alkanes of at least 4 members (excludes halogenated alkanes) is 5. The highest BCUT2D eigenvalue weighted by Gasteiger charge is 2.39. The second-order valence-electron chi connectivity index (χ2n) is 9.66. The van der Waals surface area contributed by atoms with Crippen LogP contribution in [0.1, 0.15) is 77.6 Å². The second-order valence-corrected chi connectivity index (χ2v) is 9.66. The fourth-order valence-corrected chi connectivity index (χ4v) is 4.83. The van der Waals surface area contributed by atoms with E-state index in [9.17, 15) is 19.8 Å². The van der Waals surface area contributed by atoms with Crippen LogP contribution in [0.15, 0.2) is 24.3 Å². The van der Waals surface area contributed by atoms with Crippen LogP contribution < -0.4 is 18.9 Å². The third-order valence-corrected chi connectivity index (χ3v) is 6.91. The number of hydrogen-bond acceptors (Lipinski definition) is 8. The van der Waals surface area contributed by atoms with E-state index in [1.165, 1.54) is 21.3 Å². The summed E-state index contributed by atoms with van der Waals surface area (Å²) in [7, 11) is 4.51. The standard InChI is InChI=1S/C29H44O8/c1-5-6-9-12-20(30)15-16-23-22(24(31)19-25(23)32)13-10-7-8-11-14-28(33)37-21-17-26(34-2)29(36-4)27(18-21)35-3/h15-18,20,22-23,25,30,32H,5-14,19H2,1-4H3/b16-15+/t20?,22-,23-,25-/m1/s1. The third-order valence-electron chi connectivity index (χ3n) is 6.91. The molecule has 0 bridgehead atoms. The maximum Gasteiger partial charge on any atom is 0.311 e. The number of ketones is 1. The molecule has 1 aromatic rings. The van der Waals surface area contributed by atoms with Crippen molar-refractivity contribution in [2.75, 3.05) is 21.3 Å². The van der Waals surface area contributed by atoms with E-state index in [0.717, 1.165) is 38.5 Å². The summed E-state index contributed by atoms with van der Waals surface area (Å²) in [5.74, 6) is 0.889. The van der Waals surface area contributed by atoms with E-state index in [1.807, 2.05) is 6.08 Å². The highest BCUT2D eigenvalue weighted by molar-refractivity contribution is 5.84. The summed E-state index contributed by atoms with van der Waals surface area (Å²) in [4.78, 5) is 24.7. The lowest BCUT2D eigenvalue weighted by molar-refractivity contribution is -0.134. The van der Waals surface area contributed by atoms with Crippen molar-refractivity contribution in [3.05, 3.63) is 24.3 Å². The molecule has 0 aliphatic heterocycles. The van der Waals surface area contributed by atoms with Gasteiger partial charge in [-0.05, 0) is 19.3 Å². The smallest absolute Gasteiger partial charge is 0.311 e. The minimum atomic E-state index is -0.679. The van der Waals surface area contributed by atoms with Gasteiger partial charge in [-0.3, -0.25) is 9.59 Å². The fraction of sp³-hybridized carbons (Fsp3) is 0.655. The summed E-state index contributed by atoms with van der Waals surface area (Å²) in [5, 5.41) is 20.5. The molecule has 4 atom stereocenters. The van der Waals surface area contributed by atoms with Crippen molar-refractivity contribution in [3.63, 3.8) is 0 Å². The molecule has 1 aliphatic carbocycles. The lowest BCUT2D eigenvalue weighted by atomic mass is 9.88. The number of benzene rings is 1. The first kappa shape index (κ1) is 30.6. The molecular weight excluding hydrogens is 476 g/mol. The second kappa shape index (κ2) is 16.3. The van der Waals surface area contributed by atoms with Crippen LogP contribution in [0.25, 0.3) is 0 Å². The predicted molar refractivity (Wildman–Crippen MR) is 141 cm³/mol. The summed E-state index contributed by atoms with van der Waals surface area (Å²) in [6, 6.07) is 3.17. The highest BCUT2D eigenvalue weighted by Crippen LogP contribution is 2.41. The molecule has 8 nitrogen and oxygen atoms in total. The number of rotatable bonds is 17. The monoisotopic (exact) mass is 520 g/mol. The van der Waals surface area contributed by atoms with Crippen molar-refractivity contribution >= 4 is 11.8 Å². The minimum absolute atomic E-state index is 0.0940. The van der Waals surface area contributed by atoms with Crippen LogP contribution in [0.2, 0.25) is 0 Å². The van der Waals surface area contributed by atoms with Crippen LogP contribution in [-0.4, -0.2) is 55.5 Å². The van der Waals surface area contributed by atoms with Crippen LogP contribution in [0.3, 0.4) is 0 Å². The third kappa shape index (κ3) is 9.67. The van der Waals surface area contributed by atoms with Gasteiger partial charge in [0, 0.05) is 36.8 Å². The van der Waals surface area contributed by atoms with Crippen molar-refractivity contribution in [3.8, 4) is 23.0 Å². The molecule has 8 heteroatoms. The van der Waals surface area contributed by atoms with E-state index in [4.69, 9.17) is 18.9 Å². The Morgan fingerprint density at radius 3 is 2.32 bits per heavy atom. The zero-order valence-electron chi connectivity index (χ0n) is 22.7. The number of Topliss-reactive ketones (excluding diaryl/α,β-unsaturated/α-hetero) is 1. The number of ether oxygens (including phenoxy) is 4. The molecule has 0 heterocycles. The van der Waals surface area contributed by atoms with Gasteiger partial charge in [0.15, 0.2) is 11.5 Å². The van der Waals surface area contributed by atoms with E-state index in [1.54, 1.807) is 18.2 Å². The first-order valence-corrected chi connectivity index (χ1v) is 13.4. The molecule has 2 rings (SSSR count). The van der Waals surface area contributed by atoms with Gasteiger partial charge in [0.25, 0.3) is 0 Å². The SMILES string of the molecule is CCCCCC(O)/C=C/[C@H]1[C@H](O)CC(=O)[C@@H]1CCCCCCC(=O)Oc1cc(OC)c(OC)c(OC)c1. The fourth-order valence-electron chi connectivity index (χ4n) is 4.83. The van der Waals surface area contributed by atoms with Gasteiger partial charge >= 0.3 is 5.97 Å². The topological polar surface area (TPSA) is 112 Å². The van der Waals surface area contributed by atoms with Crippen LogP contribution in [0.4, 0.5) is 0 Å². The number of methoxy groups -OCH3 is 3. The molecule has 0 amide bonds. The average Bonchev–Trinajstić information content (AvgIpc) is 3.15. The van der Waals surface area contributed by atoms with Gasteiger partial charge in [-0.1, -0.05) is 57.6 Å². The van der Waals surface area contributed by atoms with Crippen LogP contribution in [0.5, 0.6) is 23.0 Å². The van der Waals surface area contributed by atoms with Gasteiger partial charge < -0.3 is 29.2 Å². The number of hydrogen-bond donors (Lipinski definition) is 2. The van der Waals surface area contributed by atoms with Gasteiger partial charge in [0.1, 0.15) is 11.5 Å². The molecule has 1 aromatic carbocycles. The number of esters is 1. The summed E-state index contributed by atoms with van der Waals surface area (Å²) in [6.07, 6.45) is 10.6. The zero-order valence-corrected chi connectivity index (χ0v) is 22.7. The molecule has 0 spiro atoms. The Morgan fingerprint density at radius 2 is 1.70 bits per heavy atom. The number of aliphatic hydroxyl groups excluding tert-OH is 2. The average molecular weight is 521 g/mol. The van der Waals surface area contributed by atoms with Crippen molar-refractivity contribution in [2.45, 2.75) is 89.8 Å². The van der Waals surface area contributed by atoms with Gasteiger partial charge in [-0.25, -0.2) is 0 Å². The van der Waals surface area contributed by atoms with E-state index in [-0.39, 0.29) is 36.4 Å². The Balaban J connectivity index is 1.74. The van der Waals surface area contributed by atoms with Gasteiger partial charge in [0.05, 0.1) is 33.5 Å². The number of aliphatic hydroxyl groups is 2. The first-order valence-electron chi connectivity index (χ1n) is 13.4. The lowest BCUT2D eigenvalue weighted by Crippen LogP contribution is -2.19. The molecule has 2 N–H and O–H groups in total. The molecule has 1 saturated carbocycles. The molecule has 0 radical (unpaired) electrons. The first-order chi connectivity index (χ1) is 17.8. The quantitative estimate of drug-likeness (QED) is 0.127. The molecular formula is C29H44O8. The molecule has 1 fully saturated rings. The van der Waals surface area contributed by atoms with Crippen LogP contribution in [-0.2, 0) is 9.59 Å². The minimum Gasteiger partial charge on any atom is -0.493 e. The largest absolute Gasteiger partial charge is 0.493 e. The molecule has 0 saturated heterocycles. The predicted octanol–water partition coefficient (Wildman–Crippen LogP) is 5.02. The Labute approximate surface area is 220 Å². The molecule has 208 valence electrons. The van der Waals surface area contributed by atoms with Crippen LogP contribution >= 0.6 is 0 Å².